The van der Waals surface area contributed by atoms with Crippen molar-refractivity contribution in [2.24, 2.45) is 0 Å². The third-order valence-electron chi connectivity index (χ3n) is 2.96. The topological polar surface area (TPSA) is 67.4 Å². The molecule has 0 bridgehead atoms. The molecule has 2 aromatic carbocycles. The Morgan fingerprint density at radius 1 is 1.00 bits per heavy atom. The third-order valence-corrected chi connectivity index (χ3v) is 2.96. The largest absolute Gasteiger partial charge is 0.491 e. The van der Waals surface area contributed by atoms with Crippen molar-refractivity contribution in [2.45, 2.75) is 20.0 Å². The fourth-order valence-corrected chi connectivity index (χ4v) is 1.95. The summed E-state index contributed by atoms with van der Waals surface area (Å²) < 4.78 is 5.53. The van der Waals surface area contributed by atoms with Gasteiger partial charge in [0.15, 0.2) is 0 Å². The van der Waals surface area contributed by atoms with Crippen LogP contribution in [0.3, 0.4) is 0 Å². The number of anilines is 1. The van der Waals surface area contributed by atoms with Crippen LogP contribution >= 0.6 is 0 Å². The van der Waals surface area contributed by atoms with Crippen molar-refractivity contribution in [2.75, 3.05) is 11.9 Å². The van der Waals surface area contributed by atoms with Gasteiger partial charge in [0.1, 0.15) is 5.75 Å². The van der Waals surface area contributed by atoms with E-state index in [0.29, 0.717) is 11.3 Å². The maximum atomic E-state index is 11.9. The Kier molecular flexibility index (Phi) is 5.74. The Morgan fingerprint density at radius 3 is 2.26 bits per heavy atom. The predicted molar refractivity (Wildman–Crippen MR) is 89.6 cm³/mol. The molecule has 23 heavy (non-hydrogen) atoms. The first-order valence-electron chi connectivity index (χ1n) is 7.44. The Hall–Kier alpha value is -2.82. The molecule has 2 rings (SSSR count). The van der Waals surface area contributed by atoms with E-state index in [1.165, 1.54) is 0 Å². The van der Waals surface area contributed by atoms with Gasteiger partial charge >= 0.3 is 0 Å². The molecule has 0 spiro atoms. The zero-order chi connectivity index (χ0) is 16.7. The summed E-state index contributed by atoms with van der Waals surface area (Å²) in [6.07, 6.45) is 0.101. The smallest absolute Gasteiger partial charge is 0.251 e. The Bertz CT molecular complexity index is 652. The number of hydrogen-bond acceptors (Lipinski definition) is 3. The molecule has 0 saturated heterocycles. The first-order valence-corrected chi connectivity index (χ1v) is 7.44. The van der Waals surface area contributed by atoms with Crippen molar-refractivity contribution >= 4 is 17.5 Å². The first-order chi connectivity index (χ1) is 11.0. The predicted octanol–water partition coefficient (Wildman–Crippen LogP) is 2.84. The summed E-state index contributed by atoms with van der Waals surface area (Å²) in [4.78, 5) is 23.7. The molecule has 120 valence electrons. The highest BCUT2D eigenvalue weighted by molar-refractivity contribution is 5.99. The van der Waals surface area contributed by atoms with Crippen molar-refractivity contribution in [1.82, 2.24) is 5.32 Å². The standard InChI is InChI=1S/C18H20N2O3/c1-13(2)23-16-10-8-15(9-11-16)20-17(21)12-19-18(22)14-6-4-3-5-7-14/h3-11,13H,12H2,1-2H3,(H,19,22)(H,20,21). The summed E-state index contributed by atoms with van der Waals surface area (Å²) in [7, 11) is 0. The third kappa shape index (κ3) is 5.47. The van der Waals surface area contributed by atoms with Gasteiger partial charge in [0.25, 0.3) is 5.91 Å². The summed E-state index contributed by atoms with van der Waals surface area (Å²) >= 11 is 0. The van der Waals surface area contributed by atoms with E-state index in [4.69, 9.17) is 4.74 Å². The molecule has 0 unspecified atom stereocenters. The molecule has 5 nitrogen and oxygen atoms in total. The molecule has 0 radical (unpaired) electrons. The number of ether oxygens (including phenoxy) is 1. The number of amides is 2. The maximum Gasteiger partial charge on any atom is 0.251 e. The highest BCUT2D eigenvalue weighted by atomic mass is 16.5. The molecule has 0 heterocycles. The van der Waals surface area contributed by atoms with Gasteiger partial charge in [-0.1, -0.05) is 18.2 Å². The molecular weight excluding hydrogens is 292 g/mol. The van der Waals surface area contributed by atoms with Crippen molar-refractivity contribution in [1.29, 1.82) is 0 Å². The van der Waals surface area contributed by atoms with E-state index in [-0.39, 0.29) is 24.5 Å². The second-order valence-corrected chi connectivity index (χ2v) is 5.29. The number of rotatable bonds is 6. The van der Waals surface area contributed by atoms with Crippen LogP contribution in [0.4, 0.5) is 5.69 Å². The van der Waals surface area contributed by atoms with Crippen LogP contribution in [0.5, 0.6) is 5.75 Å². The monoisotopic (exact) mass is 312 g/mol. The van der Waals surface area contributed by atoms with Gasteiger partial charge < -0.3 is 15.4 Å². The summed E-state index contributed by atoms with van der Waals surface area (Å²) in [6.45, 7) is 3.81. The molecule has 0 aliphatic carbocycles. The van der Waals surface area contributed by atoms with E-state index in [1.54, 1.807) is 48.5 Å². The average molecular weight is 312 g/mol. The fraction of sp³-hybridized carbons (Fsp3) is 0.222. The van der Waals surface area contributed by atoms with E-state index < -0.39 is 0 Å². The minimum absolute atomic E-state index is 0.0853. The lowest BCUT2D eigenvalue weighted by Crippen LogP contribution is -2.32. The van der Waals surface area contributed by atoms with Gasteiger partial charge in [-0.2, -0.15) is 0 Å². The van der Waals surface area contributed by atoms with E-state index in [0.717, 1.165) is 5.75 Å². The molecule has 0 aromatic heterocycles. The lowest BCUT2D eigenvalue weighted by molar-refractivity contribution is -0.115. The lowest BCUT2D eigenvalue weighted by Gasteiger charge is -2.11. The van der Waals surface area contributed by atoms with Crippen LogP contribution in [-0.2, 0) is 4.79 Å². The van der Waals surface area contributed by atoms with E-state index in [2.05, 4.69) is 10.6 Å². The molecular formula is C18H20N2O3. The van der Waals surface area contributed by atoms with E-state index >= 15 is 0 Å². The lowest BCUT2D eigenvalue weighted by atomic mass is 10.2. The first kappa shape index (κ1) is 16.5. The molecule has 2 aromatic rings. The van der Waals surface area contributed by atoms with E-state index in [1.807, 2.05) is 19.9 Å². The second-order valence-electron chi connectivity index (χ2n) is 5.29. The SMILES string of the molecule is CC(C)Oc1ccc(NC(=O)CNC(=O)c2ccccc2)cc1. The van der Waals surface area contributed by atoms with Gasteiger partial charge in [0.05, 0.1) is 12.6 Å². The van der Waals surface area contributed by atoms with Crippen molar-refractivity contribution in [3.63, 3.8) is 0 Å². The fourth-order valence-electron chi connectivity index (χ4n) is 1.95. The zero-order valence-electron chi connectivity index (χ0n) is 13.2. The molecule has 0 aliphatic rings. The van der Waals surface area contributed by atoms with Crippen LogP contribution in [0.1, 0.15) is 24.2 Å². The minimum Gasteiger partial charge on any atom is -0.491 e. The minimum atomic E-state index is -0.285. The summed E-state index contributed by atoms with van der Waals surface area (Å²) in [5, 5.41) is 5.30. The van der Waals surface area contributed by atoms with Crippen molar-refractivity contribution < 1.29 is 14.3 Å². The number of carbonyl (C=O) groups is 2. The van der Waals surface area contributed by atoms with Gasteiger partial charge in [-0.15, -0.1) is 0 Å². The Morgan fingerprint density at radius 2 is 1.65 bits per heavy atom. The maximum absolute atomic E-state index is 11.9. The number of benzene rings is 2. The van der Waals surface area contributed by atoms with Crippen LogP contribution in [0, 0.1) is 0 Å². The van der Waals surface area contributed by atoms with Crippen LogP contribution < -0.4 is 15.4 Å². The normalized spacial score (nSPS) is 10.2. The summed E-state index contributed by atoms with van der Waals surface area (Å²) in [5.74, 6) is 0.184. The van der Waals surface area contributed by atoms with Crippen LogP contribution in [0.25, 0.3) is 0 Å². The quantitative estimate of drug-likeness (QED) is 0.862. The van der Waals surface area contributed by atoms with Gasteiger partial charge in [-0.05, 0) is 50.2 Å². The summed E-state index contributed by atoms with van der Waals surface area (Å²) in [5.41, 5.74) is 1.18. The summed E-state index contributed by atoms with van der Waals surface area (Å²) in [6, 6.07) is 15.9. The van der Waals surface area contributed by atoms with Crippen LogP contribution in [-0.4, -0.2) is 24.5 Å². The van der Waals surface area contributed by atoms with Gasteiger partial charge in [-0.3, -0.25) is 9.59 Å². The van der Waals surface area contributed by atoms with Crippen molar-refractivity contribution in [3.05, 3.63) is 60.2 Å². The van der Waals surface area contributed by atoms with Gasteiger partial charge in [0, 0.05) is 11.3 Å². The Balaban J connectivity index is 1.81. The van der Waals surface area contributed by atoms with Crippen LogP contribution in [0.15, 0.2) is 54.6 Å². The second kappa shape index (κ2) is 7.98. The van der Waals surface area contributed by atoms with E-state index in [9.17, 15) is 9.59 Å². The average Bonchev–Trinajstić information content (AvgIpc) is 2.55. The molecule has 0 fully saturated rings. The van der Waals surface area contributed by atoms with Crippen LogP contribution in [0.2, 0.25) is 0 Å². The highest BCUT2D eigenvalue weighted by Gasteiger charge is 2.08. The molecule has 0 atom stereocenters. The van der Waals surface area contributed by atoms with Crippen molar-refractivity contribution in [3.8, 4) is 5.75 Å². The number of carbonyl (C=O) groups excluding carboxylic acids is 2. The number of hydrogen-bond donors (Lipinski definition) is 2. The zero-order valence-corrected chi connectivity index (χ0v) is 13.2. The molecule has 0 aliphatic heterocycles. The van der Waals surface area contributed by atoms with Gasteiger partial charge in [-0.25, -0.2) is 0 Å². The van der Waals surface area contributed by atoms with Gasteiger partial charge in [0.2, 0.25) is 5.91 Å². The molecule has 0 saturated carbocycles. The Labute approximate surface area is 135 Å². The molecule has 2 N–H and O–H groups in total. The number of nitrogens with one attached hydrogen (secondary N) is 2. The molecule has 2 amide bonds. The molecule has 5 heteroatoms. The highest BCUT2D eigenvalue weighted by Crippen LogP contribution is 2.16.